The molecule has 1 saturated heterocycles. The smallest absolute Gasteiger partial charge is 0.253 e. The van der Waals surface area contributed by atoms with E-state index >= 15 is 0 Å². The topological polar surface area (TPSA) is 52.6 Å². The average molecular weight is 276 g/mol. The van der Waals surface area contributed by atoms with Crippen LogP contribution >= 0.6 is 0 Å². The van der Waals surface area contributed by atoms with Crippen LogP contribution in [0.4, 0.5) is 0 Å². The molecule has 2 N–H and O–H groups in total. The van der Waals surface area contributed by atoms with Crippen LogP contribution < -0.4 is 5.32 Å². The third kappa shape index (κ3) is 3.97. The number of carbonyl (C=O) groups excluding carboxylic acids is 1. The van der Waals surface area contributed by atoms with Crippen molar-refractivity contribution in [2.45, 2.75) is 26.2 Å². The summed E-state index contributed by atoms with van der Waals surface area (Å²) in [4.78, 5) is 14.5. The van der Waals surface area contributed by atoms with Gasteiger partial charge in [0.1, 0.15) is 5.75 Å². The van der Waals surface area contributed by atoms with Gasteiger partial charge in [-0.2, -0.15) is 0 Å². The molecule has 0 aliphatic carbocycles. The third-order valence-corrected chi connectivity index (χ3v) is 3.83. The Labute approximate surface area is 120 Å². The van der Waals surface area contributed by atoms with E-state index < -0.39 is 0 Å². The summed E-state index contributed by atoms with van der Waals surface area (Å²) in [7, 11) is 0. The van der Waals surface area contributed by atoms with Crippen LogP contribution in [0.1, 0.15) is 36.5 Å². The van der Waals surface area contributed by atoms with Crippen molar-refractivity contribution in [3.8, 4) is 5.75 Å². The van der Waals surface area contributed by atoms with Gasteiger partial charge < -0.3 is 15.3 Å². The molecule has 1 aliphatic rings. The predicted octanol–water partition coefficient (Wildman–Crippen LogP) is 2.24. The average Bonchev–Trinajstić information content (AvgIpc) is 2.48. The van der Waals surface area contributed by atoms with Gasteiger partial charge in [0.05, 0.1) is 0 Å². The molecule has 0 radical (unpaired) electrons. The van der Waals surface area contributed by atoms with Crippen molar-refractivity contribution in [1.82, 2.24) is 10.2 Å². The monoisotopic (exact) mass is 276 g/mol. The molecule has 4 nitrogen and oxygen atoms in total. The molecule has 2 rings (SSSR count). The third-order valence-electron chi connectivity index (χ3n) is 3.83. The number of hydrogen-bond donors (Lipinski definition) is 2. The highest BCUT2D eigenvalue weighted by Crippen LogP contribution is 2.17. The maximum atomic E-state index is 12.5. The normalized spacial score (nSPS) is 16.1. The van der Waals surface area contributed by atoms with Gasteiger partial charge in [0, 0.05) is 18.7 Å². The zero-order chi connectivity index (χ0) is 14.4. The molecule has 1 aliphatic heterocycles. The van der Waals surface area contributed by atoms with Gasteiger partial charge in [-0.25, -0.2) is 0 Å². The van der Waals surface area contributed by atoms with Crippen LogP contribution in [-0.2, 0) is 0 Å². The van der Waals surface area contributed by atoms with Gasteiger partial charge in [-0.3, -0.25) is 4.79 Å². The van der Waals surface area contributed by atoms with E-state index in [2.05, 4.69) is 12.2 Å². The molecule has 0 aromatic heterocycles. The molecule has 0 atom stereocenters. The molecule has 20 heavy (non-hydrogen) atoms. The van der Waals surface area contributed by atoms with Crippen molar-refractivity contribution in [2.24, 2.45) is 5.92 Å². The number of hydrogen-bond acceptors (Lipinski definition) is 3. The van der Waals surface area contributed by atoms with Crippen LogP contribution in [0.2, 0.25) is 0 Å². The SMILES string of the molecule is CCCN(CC1CCNCC1)C(=O)c1ccc(O)cc1. The van der Waals surface area contributed by atoms with Crippen molar-refractivity contribution in [3.63, 3.8) is 0 Å². The number of nitrogens with one attached hydrogen (secondary N) is 1. The van der Waals surface area contributed by atoms with Gasteiger partial charge in [0.15, 0.2) is 0 Å². The van der Waals surface area contributed by atoms with Crippen LogP contribution in [-0.4, -0.2) is 42.1 Å². The Morgan fingerprint density at radius 1 is 1.30 bits per heavy atom. The fourth-order valence-electron chi connectivity index (χ4n) is 2.71. The fourth-order valence-corrected chi connectivity index (χ4v) is 2.71. The maximum absolute atomic E-state index is 12.5. The Bertz CT molecular complexity index is 425. The number of piperidine rings is 1. The van der Waals surface area contributed by atoms with Crippen LogP contribution in [0.3, 0.4) is 0 Å². The molecule has 0 saturated carbocycles. The number of benzene rings is 1. The minimum absolute atomic E-state index is 0.0744. The van der Waals surface area contributed by atoms with E-state index in [1.807, 2.05) is 4.90 Å². The molecule has 0 bridgehead atoms. The Hall–Kier alpha value is -1.55. The van der Waals surface area contributed by atoms with E-state index in [-0.39, 0.29) is 11.7 Å². The molecule has 0 unspecified atom stereocenters. The molecular formula is C16H24N2O2. The molecule has 110 valence electrons. The number of rotatable bonds is 5. The minimum Gasteiger partial charge on any atom is -0.508 e. The summed E-state index contributed by atoms with van der Waals surface area (Å²) in [5.74, 6) is 0.871. The predicted molar refractivity (Wildman–Crippen MR) is 79.9 cm³/mol. The van der Waals surface area contributed by atoms with Gasteiger partial charge in [-0.15, -0.1) is 0 Å². The summed E-state index contributed by atoms with van der Waals surface area (Å²) in [6, 6.07) is 6.54. The molecule has 1 heterocycles. The minimum atomic E-state index is 0.0744. The molecule has 4 heteroatoms. The van der Waals surface area contributed by atoms with Crippen LogP contribution in [0.25, 0.3) is 0 Å². The Kier molecular flexibility index (Phi) is 5.41. The second-order valence-corrected chi connectivity index (χ2v) is 5.49. The van der Waals surface area contributed by atoms with Crippen molar-refractivity contribution in [1.29, 1.82) is 0 Å². The highest BCUT2D eigenvalue weighted by atomic mass is 16.3. The largest absolute Gasteiger partial charge is 0.508 e. The Morgan fingerprint density at radius 2 is 1.95 bits per heavy atom. The summed E-state index contributed by atoms with van der Waals surface area (Å²) in [5.41, 5.74) is 0.658. The number of phenols is 1. The molecule has 0 spiro atoms. The van der Waals surface area contributed by atoms with Crippen LogP contribution in [0.5, 0.6) is 5.75 Å². The zero-order valence-corrected chi connectivity index (χ0v) is 12.1. The van der Waals surface area contributed by atoms with Crippen molar-refractivity contribution < 1.29 is 9.90 Å². The van der Waals surface area contributed by atoms with Crippen molar-refractivity contribution in [3.05, 3.63) is 29.8 Å². The van der Waals surface area contributed by atoms with E-state index in [0.29, 0.717) is 11.5 Å². The van der Waals surface area contributed by atoms with E-state index in [9.17, 15) is 9.90 Å². The van der Waals surface area contributed by atoms with E-state index in [0.717, 1.165) is 45.4 Å². The summed E-state index contributed by atoms with van der Waals surface area (Å²) < 4.78 is 0. The van der Waals surface area contributed by atoms with E-state index in [4.69, 9.17) is 0 Å². The van der Waals surface area contributed by atoms with E-state index in [1.165, 1.54) is 0 Å². The molecule has 1 fully saturated rings. The number of aromatic hydroxyl groups is 1. The number of amides is 1. The van der Waals surface area contributed by atoms with Gasteiger partial charge >= 0.3 is 0 Å². The standard InChI is InChI=1S/C16H24N2O2/c1-2-11-18(12-13-7-9-17-10-8-13)16(20)14-3-5-15(19)6-4-14/h3-6,13,17,19H,2,7-12H2,1H3. The lowest BCUT2D eigenvalue weighted by atomic mass is 9.97. The molecule has 1 amide bonds. The fraction of sp³-hybridized carbons (Fsp3) is 0.562. The maximum Gasteiger partial charge on any atom is 0.253 e. The first kappa shape index (κ1) is 14.9. The number of phenolic OH excluding ortho intramolecular Hbond substituents is 1. The van der Waals surface area contributed by atoms with Crippen LogP contribution in [0.15, 0.2) is 24.3 Å². The lowest BCUT2D eigenvalue weighted by molar-refractivity contribution is 0.0716. The van der Waals surface area contributed by atoms with Gasteiger partial charge in [-0.05, 0) is 62.5 Å². The number of nitrogens with zero attached hydrogens (tertiary/aromatic N) is 1. The summed E-state index contributed by atoms with van der Waals surface area (Å²) in [5, 5.41) is 12.7. The quantitative estimate of drug-likeness (QED) is 0.867. The zero-order valence-electron chi connectivity index (χ0n) is 12.1. The van der Waals surface area contributed by atoms with Crippen molar-refractivity contribution in [2.75, 3.05) is 26.2 Å². The summed E-state index contributed by atoms with van der Waals surface area (Å²) >= 11 is 0. The second kappa shape index (κ2) is 7.29. The van der Waals surface area contributed by atoms with Crippen LogP contribution in [0, 0.1) is 5.92 Å². The van der Waals surface area contributed by atoms with Gasteiger partial charge in [0.25, 0.3) is 5.91 Å². The van der Waals surface area contributed by atoms with Gasteiger partial charge in [-0.1, -0.05) is 6.92 Å². The Morgan fingerprint density at radius 3 is 2.55 bits per heavy atom. The lowest BCUT2D eigenvalue weighted by Gasteiger charge is -2.30. The molecular weight excluding hydrogens is 252 g/mol. The number of carbonyl (C=O) groups is 1. The van der Waals surface area contributed by atoms with Crippen molar-refractivity contribution >= 4 is 5.91 Å². The first-order chi connectivity index (χ1) is 9.70. The second-order valence-electron chi connectivity index (χ2n) is 5.49. The lowest BCUT2D eigenvalue weighted by Crippen LogP contribution is -2.39. The summed E-state index contributed by atoms with van der Waals surface area (Å²) in [6.07, 6.45) is 3.25. The summed E-state index contributed by atoms with van der Waals surface area (Å²) in [6.45, 7) is 5.84. The highest BCUT2D eigenvalue weighted by Gasteiger charge is 2.21. The Balaban J connectivity index is 2.02. The van der Waals surface area contributed by atoms with Gasteiger partial charge in [0.2, 0.25) is 0 Å². The molecule has 1 aromatic carbocycles. The van der Waals surface area contributed by atoms with E-state index in [1.54, 1.807) is 24.3 Å². The highest BCUT2D eigenvalue weighted by molar-refractivity contribution is 5.94. The first-order valence-corrected chi connectivity index (χ1v) is 7.49. The first-order valence-electron chi connectivity index (χ1n) is 7.49. The molecule has 1 aromatic rings.